The van der Waals surface area contributed by atoms with E-state index >= 15 is 0 Å². The Kier molecular flexibility index (Phi) is 1.81. The third kappa shape index (κ3) is 1.11. The molecule has 3 nitrogen and oxygen atoms in total. The zero-order valence-electron chi connectivity index (χ0n) is 8.22. The van der Waals surface area contributed by atoms with Crippen LogP contribution in [0, 0.1) is 0 Å². The maximum Gasteiger partial charge on any atom is 0.278 e. The van der Waals surface area contributed by atoms with Gasteiger partial charge in [-0.2, -0.15) is 5.10 Å². The van der Waals surface area contributed by atoms with Crippen molar-refractivity contribution in [3.05, 3.63) is 11.3 Å². The monoisotopic (exact) mass is 201 g/mol. The molecule has 2 rings (SSSR count). The number of fused-ring (bicyclic) bond motifs is 1. The molecule has 5 heteroatoms. The number of nitrogens with zero attached hydrogens (tertiary/aromatic N) is 2. The molecule has 0 spiro atoms. The predicted molar refractivity (Wildman–Crippen MR) is 49.2 cm³/mol. The Morgan fingerprint density at radius 1 is 1.50 bits per heavy atom. The Balaban J connectivity index is 2.58. The van der Waals surface area contributed by atoms with Gasteiger partial charge in [-0.15, -0.1) is 0 Å². The number of halogens is 2. The fourth-order valence-electron chi connectivity index (χ4n) is 1.95. The van der Waals surface area contributed by atoms with E-state index in [4.69, 9.17) is 5.73 Å². The molecular formula is C9H13F2N3. The number of anilines is 1. The van der Waals surface area contributed by atoms with Gasteiger partial charge in [-0.1, -0.05) is 0 Å². The zero-order chi connectivity index (χ0) is 10.5. The number of hydrogen-bond acceptors (Lipinski definition) is 2. The second-order valence-corrected chi connectivity index (χ2v) is 3.95. The highest BCUT2D eigenvalue weighted by atomic mass is 19.3. The van der Waals surface area contributed by atoms with Crippen molar-refractivity contribution in [1.29, 1.82) is 0 Å². The molecular weight excluding hydrogens is 188 g/mol. The molecule has 0 aliphatic heterocycles. The summed E-state index contributed by atoms with van der Waals surface area (Å²) >= 11 is 0. The smallest absolute Gasteiger partial charge is 0.278 e. The van der Waals surface area contributed by atoms with Crippen LogP contribution >= 0.6 is 0 Å². The van der Waals surface area contributed by atoms with Crippen molar-refractivity contribution in [1.82, 2.24) is 9.78 Å². The fourth-order valence-corrected chi connectivity index (χ4v) is 1.95. The van der Waals surface area contributed by atoms with Crippen molar-refractivity contribution in [2.24, 2.45) is 0 Å². The molecule has 1 aliphatic carbocycles. The van der Waals surface area contributed by atoms with Crippen molar-refractivity contribution in [3.8, 4) is 0 Å². The van der Waals surface area contributed by atoms with Gasteiger partial charge in [-0.25, -0.2) is 8.78 Å². The number of hydrogen-bond donors (Lipinski definition) is 1. The van der Waals surface area contributed by atoms with Crippen molar-refractivity contribution < 1.29 is 8.78 Å². The van der Waals surface area contributed by atoms with Crippen LogP contribution in [0.5, 0.6) is 0 Å². The second kappa shape index (κ2) is 2.68. The first-order valence-electron chi connectivity index (χ1n) is 4.68. The molecule has 78 valence electrons. The molecule has 1 aromatic rings. The summed E-state index contributed by atoms with van der Waals surface area (Å²) in [6, 6.07) is 0.0787. The highest BCUT2D eigenvalue weighted by molar-refractivity contribution is 5.48. The van der Waals surface area contributed by atoms with Crippen molar-refractivity contribution >= 4 is 5.82 Å². The molecule has 0 radical (unpaired) electrons. The van der Waals surface area contributed by atoms with Crippen LogP contribution in [0.1, 0.15) is 37.6 Å². The van der Waals surface area contributed by atoms with E-state index in [0.717, 1.165) is 0 Å². The van der Waals surface area contributed by atoms with Crippen molar-refractivity contribution in [2.45, 2.75) is 38.7 Å². The predicted octanol–water partition coefficient (Wildman–Crippen LogP) is 2.08. The van der Waals surface area contributed by atoms with Crippen LogP contribution in [-0.4, -0.2) is 9.78 Å². The van der Waals surface area contributed by atoms with Gasteiger partial charge in [0.1, 0.15) is 0 Å². The normalized spacial score (nSPS) is 18.9. The topological polar surface area (TPSA) is 43.8 Å². The molecule has 0 saturated carbocycles. The second-order valence-electron chi connectivity index (χ2n) is 3.95. The average Bonchev–Trinajstić information content (AvgIpc) is 2.53. The number of aromatic nitrogens is 2. The Labute approximate surface area is 80.9 Å². The molecule has 2 N–H and O–H groups in total. The first-order chi connectivity index (χ1) is 6.43. The lowest BCUT2D eigenvalue weighted by Gasteiger charge is -2.07. The van der Waals surface area contributed by atoms with E-state index in [1.54, 1.807) is 4.68 Å². The molecule has 0 unspecified atom stereocenters. The van der Waals surface area contributed by atoms with E-state index in [1.165, 1.54) is 0 Å². The molecule has 0 aromatic carbocycles. The van der Waals surface area contributed by atoms with Crippen LogP contribution < -0.4 is 5.73 Å². The third-order valence-corrected chi connectivity index (χ3v) is 2.57. The Bertz CT molecular complexity index is 368. The minimum absolute atomic E-state index is 0.0174. The van der Waals surface area contributed by atoms with Crippen LogP contribution in [0.3, 0.4) is 0 Å². The first-order valence-corrected chi connectivity index (χ1v) is 4.68. The summed E-state index contributed by atoms with van der Waals surface area (Å²) in [5, 5.41) is 3.94. The largest absolute Gasteiger partial charge is 0.382 e. The van der Waals surface area contributed by atoms with Crippen LogP contribution in [0.15, 0.2) is 0 Å². The highest BCUT2D eigenvalue weighted by Gasteiger charge is 2.44. The lowest BCUT2D eigenvalue weighted by molar-refractivity contribution is -0.00123. The molecule has 0 bridgehead atoms. The van der Waals surface area contributed by atoms with E-state index in [-0.39, 0.29) is 23.8 Å². The summed E-state index contributed by atoms with van der Waals surface area (Å²) in [6.45, 7) is 3.81. The van der Waals surface area contributed by atoms with Gasteiger partial charge in [0.15, 0.2) is 5.82 Å². The van der Waals surface area contributed by atoms with Crippen molar-refractivity contribution in [2.75, 3.05) is 5.73 Å². The molecule has 0 fully saturated rings. The van der Waals surface area contributed by atoms with Gasteiger partial charge in [-0.3, -0.25) is 4.68 Å². The van der Waals surface area contributed by atoms with E-state index in [2.05, 4.69) is 5.10 Å². The van der Waals surface area contributed by atoms with E-state index in [1.807, 2.05) is 13.8 Å². The molecule has 14 heavy (non-hydrogen) atoms. The minimum atomic E-state index is -2.79. The van der Waals surface area contributed by atoms with Gasteiger partial charge in [-0.05, 0) is 20.3 Å². The van der Waals surface area contributed by atoms with Gasteiger partial charge in [0.25, 0.3) is 5.92 Å². The number of alkyl halides is 2. The number of nitrogen functional groups attached to an aromatic ring is 1. The Hall–Kier alpha value is -1.13. The fraction of sp³-hybridized carbons (Fsp3) is 0.667. The van der Waals surface area contributed by atoms with E-state index in [9.17, 15) is 8.78 Å². The lowest BCUT2D eigenvalue weighted by atomic mass is 10.2. The molecule has 1 heterocycles. The standard InChI is InChI=1S/C9H13F2N3/c1-5(2)14-6-3-4-9(10,11)7(6)8(12)13-14/h5H,3-4H2,1-2H3,(H2,12,13). The van der Waals surface area contributed by atoms with Gasteiger partial charge < -0.3 is 5.73 Å². The van der Waals surface area contributed by atoms with Gasteiger partial charge in [0.2, 0.25) is 0 Å². The number of rotatable bonds is 1. The molecule has 0 atom stereocenters. The summed E-state index contributed by atoms with van der Waals surface area (Å²) in [5.74, 6) is -2.80. The Morgan fingerprint density at radius 3 is 2.71 bits per heavy atom. The molecule has 1 aromatic heterocycles. The quantitative estimate of drug-likeness (QED) is 0.756. The summed E-state index contributed by atoms with van der Waals surface area (Å²) in [7, 11) is 0. The van der Waals surface area contributed by atoms with Crippen LogP contribution in [0.25, 0.3) is 0 Å². The number of nitrogens with two attached hydrogens (primary N) is 1. The van der Waals surface area contributed by atoms with Crippen LogP contribution in [-0.2, 0) is 12.3 Å². The van der Waals surface area contributed by atoms with E-state index < -0.39 is 5.92 Å². The van der Waals surface area contributed by atoms with Crippen molar-refractivity contribution in [3.63, 3.8) is 0 Å². The van der Waals surface area contributed by atoms with Crippen LogP contribution in [0.2, 0.25) is 0 Å². The van der Waals surface area contributed by atoms with Gasteiger partial charge in [0.05, 0.1) is 11.3 Å². The summed E-state index contributed by atoms with van der Waals surface area (Å²) in [4.78, 5) is 0. The summed E-state index contributed by atoms with van der Waals surface area (Å²) in [5.41, 5.74) is 6.04. The molecule has 0 saturated heterocycles. The van der Waals surface area contributed by atoms with E-state index in [0.29, 0.717) is 12.1 Å². The maximum atomic E-state index is 13.3. The van der Waals surface area contributed by atoms with Gasteiger partial charge >= 0.3 is 0 Å². The SMILES string of the molecule is CC(C)n1nc(N)c2c1CCC2(F)F. The zero-order valence-corrected chi connectivity index (χ0v) is 8.22. The third-order valence-electron chi connectivity index (χ3n) is 2.57. The molecule has 0 amide bonds. The van der Waals surface area contributed by atoms with Gasteiger partial charge in [0, 0.05) is 12.5 Å². The Morgan fingerprint density at radius 2 is 2.14 bits per heavy atom. The first kappa shape index (κ1) is 9.43. The average molecular weight is 201 g/mol. The maximum absolute atomic E-state index is 13.3. The summed E-state index contributed by atoms with van der Waals surface area (Å²) < 4.78 is 28.3. The summed E-state index contributed by atoms with van der Waals surface area (Å²) in [6.07, 6.45) is 0.224. The minimum Gasteiger partial charge on any atom is -0.382 e. The lowest BCUT2D eigenvalue weighted by Crippen LogP contribution is -2.09. The molecule has 1 aliphatic rings. The van der Waals surface area contributed by atoms with Crippen LogP contribution in [0.4, 0.5) is 14.6 Å². The highest BCUT2D eigenvalue weighted by Crippen LogP contribution is 2.45.